The van der Waals surface area contributed by atoms with Gasteiger partial charge in [0.1, 0.15) is 6.10 Å². The lowest BCUT2D eigenvalue weighted by atomic mass is 9.92. The Hall–Kier alpha value is -2.35. The number of hydrogen-bond acceptors (Lipinski definition) is 7. The molecule has 4 rings (SSSR count). The molecule has 0 aliphatic carbocycles. The number of rotatable bonds is 2. The van der Waals surface area contributed by atoms with Crippen LogP contribution in [-0.2, 0) is 4.74 Å². The molecule has 2 aromatic rings. The molecule has 2 aliphatic rings. The van der Waals surface area contributed by atoms with Gasteiger partial charge in [-0.3, -0.25) is 4.79 Å². The number of carbonyl (C=O) groups is 1. The van der Waals surface area contributed by atoms with Crippen molar-refractivity contribution >= 4 is 5.91 Å². The second-order valence-corrected chi connectivity index (χ2v) is 6.01. The van der Waals surface area contributed by atoms with Gasteiger partial charge in [0.15, 0.2) is 5.82 Å². The number of piperidine rings is 1. The van der Waals surface area contributed by atoms with E-state index < -0.39 is 0 Å². The van der Waals surface area contributed by atoms with Gasteiger partial charge in [0.05, 0.1) is 24.1 Å². The summed E-state index contributed by atoms with van der Waals surface area (Å²) in [5.74, 6) is 1.43. The minimum Gasteiger partial charge on any atom is -0.365 e. The highest BCUT2D eigenvalue weighted by molar-refractivity contribution is 5.93. The quantitative estimate of drug-likeness (QED) is 0.820. The van der Waals surface area contributed by atoms with Crippen LogP contribution < -0.4 is 0 Å². The average Bonchev–Trinajstić information content (AvgIpc) is 3.20. The van der Waals surface area contributed by atoms with Crippen molar-refractivity contribution in [3.63, 3.8) is 0 Å². The molecule has 0 radical (unpaired) electrons. The summed E-state index contributed by atoms with van der Waals surface area (Å²) < 4.78 is 11.3. The minimum absolute atomic E-state index is 0.00423. The van der Waals surface area contributed by atoms with Crippen LogP contribution in [-0.4, -0.2) is 50.3 Å². The zero-order chi connectivity index (χ0) is 15.8. The number of aromatic nitrogens is 4. The van der Waals surface area contributed by atoms with Crippen LogP contribution in [0.15, 0.2) is 23.0 Å². The van der Waals surface area contributed by atoms with Gasteiger partial charge < -0.3 is 14.2 Å². The van der Waals surface area contributed by atoms with Gasteiger partial charge in [-0.15, -0.1) is 0 Å². The van der Waals surface area contributed by atoms with Crippen LogP contribution in [0.1, 0.15) is 41.0 Å². The zero-order valence-corrected chi connectivity index (χ0v) is 12.8. The molecule has 0 spiro atoms. The highest BCUT2D eigenvalue weighted by atomic mass is 16.5. The maximum absolute atomic E-state index is 12.5. The molecule has 8 nitrogen and oxygen atoms in total. The molecule has 0 N–H and O–H groups in total. The third-order valence-corrected chi connectivity index (χ3v) is 4.46. The summed E-state index contributed by atoms with van der Waals surface area (Å²) in [6, 6.07) is 1.69. The fourth-order valence-electron chi connectivity index (χ4n) is 3.34. The van der Waals surface area contributed by atoms with Crippen LogP contribution in [0.2, 0.25) is 0 Å². The molecule has 2 saturated heterocycles. The Balaban J connectivity index is 1.44. The lowest BCUT2D eigenvalue weighted by Crippen LogP contribution is -2.44. The Kier molecular flexibility index (Phi) is 3.53. The van der Waals surface area contributed by atoms with Gasteiger partial charge in [0.25, 0.3) is 11.8 Å². The molecule has 120 valence electrons. The number of nitrogens with zero attached hydrogens (tertiary/aromatic N) is 5. The molecule has 3 atom stereocenters. The lowest BCUT2D eigenvalue weighted by Gasteiger charge is -2.33. The highest BCUT2D eigenvalue weighted by Crippen LogP contribution is 2.40. The third kappa shape index (κ3) is 2.70. The maximum atomic E-state index is 12.5. The Bertz CT molecular complexity index is 704. The van der Waals surface area contributed by atoms with E-state index in [1.165, 1.54) is 12.4 Å². The van der Waals surface area contributed by atoms with Gasteiger partial charge in [0.2, 0.25) is 0 Å². The lowest BCUT2D eigenvalue weighted by molar-refractivity contribution is -0.00777. The topological polar surface area (TPSA) is 94.2 Å². The van der Waals surface area contributed by atoms with Gasteiger partial charge in [-0.25, -0.2) is 0 Å². The molecule has 0 unspecified atom stereocenters. The summed E-state index contributed by atoms with van der Waals surface area (Å²) in [6.07, 6.45) is 4.63. The maximum Gasteiger partial charge on any atom is 0.255 e. The van der Waals surface area contributed by atoms with E-state index in [4.69, 9.17) is 9.26 Å². The fraction of sp³-hybridized carbons (Fsp3) is 0.533. The standard InChI is InChI=1S/C15H17N5O3/c1-9-18-14(23-19-9)13-6-11-8-20(5-3-12(11)22-13)15(21)10-2-4-16-17-7-10/h2,4,7,11-13H,3,5-6,8H2,1H3/t11-,12-,13+/m1/s1. The number of fused-ring (bicyclic) bond motifs is 1. The first-order valence-electron chi connectivity index (χ1n) is 7.72. The van der Waals surface area contributed by atoms with Crippen molar-refractivity contribution in [3.8, 4) is 0 Å². The van der Waals surface area contributed by atoms with E-state index in [1.807, 2.05) is 4.90 Å². The van der Waals surface area contributed by atoms with E-state index in [1.54, 1.807) is 13.0 Å². The van der Waals surface area contributed by atoms with E-state index in [0.717, 1.165) is 12.8 Å². The molecule has 0 aromatic carbocycles. The van der Waals surface area contributed by atoms with Crippen LogP contribution in [0.5, 0.6) is 0 Å². The Morgan fingerprint density at radius 1 is 1.39 bits per heavy atom. The smallest absolute Gasteiger partial charge is 0.255 e. The number of ether oxygens (including phenoxy) is 1. The minimum atomic E-state index is -0.163. The Morgan fingerprint density at radius 2 is 2.30 bits per heavy atom. The zero-order valence-electron chi connectivity index (χ0n) is 12.8. The molecule has 0 saturated carbocycles. The molecular weight excluding hydrogens is 298 g/mol. The first-order chi connectivity index (χ1) is 11.2. The van der Waals surface area contributed by atoms with Gasteiger partial charge >= 0.3 is 0 Å². The van der Waals surface area contributed by atoms with Gasteiger partial charge in [-0.05, 0) is 25.8 Å². The first-order valence-corrected chi connectivity index (χ1v) is 7.72. The van der Waals surface area contributed by atoms with Gasteiger partial charge in [-0.1, -0.05) is 5.16 Å². The molecule has 23 heavy (non-hydrogen) atoms. The second-order valence-electron chi connectivity index (χ2n) is 6.01. The van der Waals surface area contributed by atoms with Crippen molar-refractivity contribution < 1.29 is 14.1 Å². The summed E-state index contributed by atoms with van der Waals surface area (Å²) in [5.41, 5.74) is 0.571. The molecule has 0 bridgehead atoms. The molecule has 1 amide bonds. The van der Waals surface area contributed by atoms with Crippen LogP contribution in [0.4, 0.5) is 0 Å². The Labute approximate surface area is 132 Å². The third-order valence-electron chi connectivity index (χ3n) is 4.46. The van der Waals surface area contributed by atoms with Crippen molar-refractivity contribution in [1.29, 1.82) is 0 Å². The normalized spacial score (nSPS) is 27.0. The van der Waals surface area contributed by atoms with Crippen LogP contribution in [0, 0.1) is 12.8 Å². The van der Waals surface area contributed by atoms with Crippen LogP contribution >= 0.6 is 0 Å². The number of hydrogen-bond donors (Lipinski definition) is 0. The van der Waals surface area contributed by atoms with Crippen molar-refractivity contribution in [3.05, 3.63) is 35.7 Å². The van der Waals surface area contributed by atoms with Crippen LogP contribution in [0.25, 0.3) is 0 Å². The predicted octanol–water partition coefficient (Wildman–Crippen LogP) is 1.16. The van der Waals surface area contributed by atoms with E-state index >= 15 is 0 Å². The second kappa shape index (κ2) is 5.69. The summed E-state index contributed by atoms with van der Waals surface area (Å²) in [5, 5.41) is 11.3. The van der Waals surface area contributed by atoms with Gasteiger partial charge in [0, 0.05) is 19.0 Å². The van der Waals surface area contributed by atoms with Crippen LogP contribution in [0.3, 0.4) is 0 Å². The number of amides is 1. The van der Waals surface area contributed by atoms with E-state index in [-0.39, 0.29) is 18.1 Å². The Morgan fingerprint density at radius 3 is 3.04 bits per heavy atom. The first kappa shape index (κ1) is 14.3. The molecular formula is C15H17N5O3. The van der Waals surface area contributed by atoms with Crippen molar-refractivity contribution in [2.75, 3.05) is 13.1 Å². The summed E-state index contributed by atoms with van der Waals surface area (Å²) in [6.45, 7) is 3.14. The van der Waals surface area contributed by atoms with Crippen molar-refractivity contribution in [1.82, 2.24) is 25.2 Å². The number of carbonyl (C=O) groups excluding carboxylic acids is 1. The highest BCUT2D eigenvalue weighted by Gasteiger charge is 2.42. The van der Waals surface area contributed by atoms with E-state index in [9.17, 15) is 4.79 Å². The summed E-state index contributed by atoms with van der Waals surface area (Å²) >= 11 is 0. The monoisotopic (exact) mass is 315 g/mol. The predicted molar refractivity (Wildman–Crippen MR) is 77.3 cm³/mol. The van der Waals surface area contributed by atoms with E-state index in [0.29, 0.717) is 36.3 Å². The SMILES string of the molecule is Cc1noc([C@@H]2C[C@@H]3CN(C(=O)c4ccnnc4)CC[C@H]3O2)n1. The largest absolute Gasteiger partial charge is 0.365 e. The number of aryl methyl sites for hydroxylation is 1. The molecule has 4 heterocycles. The summed E-state index contributed by atoms with van der Waals surface area (Å²) in [4.78, 5) is 18.6. The molecule has 2 aliphatic heterocycles. The van der Waals surface area contributed by atoms with E-state index in [2.05, 4.69) is 20.3 Å². The summed E-state index contributed by atoms with van der Waals surface area (Å²) in [7, 11) is 0. The van der Waals surface area contributed by atoms with Gasteiger partial charge in [-0.2, -0.15) is 15.2 Å². The molecule has 2 fully saturated rings. The van der Waals surface area contributed by atoms with Crippen molar-refractivity contribution in [2.45, 2.75) is 32.0 Å². The van der Waals surface area contributed by atoms with Crippen molar-refractivity contribution in [2.24, 2.45) is 5.92 Å². The average molecular weight is 315 g/mol. The fourth-order valence-corrected chi connectivity index (χ4v) is 3.34. The molecule has 2 aromatic heterocycles. The number of likely N-dealkylation sites (tertiary alicyclic amines) is 1. The molecule has 8 heteroatoms.